The van der Waals surface area contributed by atoms with Crippen LogP contribution in [0.4, 0.5) is 5.69 Å². The quantitative estimate of drug-likeness (QED) is 0.700. The van der Waals surface area contributed by atoms with Gasteiger partial charge in [0, 0.05) is 47.7 Å². The van der Waals surface area contributed by atoms with E-state index in [0.717, 1.165) is 40.8 Å². The first-order valence-corrected chi connectivity index (χ1v) is 8.43. The normalized spacial score (nSPS) is 12.2. The van der Waals surface area contributed by atoms with Crippen molar-refractivity contribution in [3.63, 3.8) is 0 Å². The van der Waals surface area contributed by atoms with E-state index in [9.17, 15) is 5.11 Å². The highest BCUT2D eigenvalue weighted by molar-refractivity contribution is 5.91. The third-order valence-corrected chi connectivity index (χ3v) is 4.19. The number of nitrogens with zero attached hydrogens (tertiary/aromatic N) is 2. The van der Waals surface area contributed by atoms with Crippen molar-refractivity contribution in [2.75, 3.05) is 18.5 Å². The van der Waals surface area contributed by atoms with Crippen molar-refractivity contribution in [1.29, 1.82) is 0 Å². The second kappa shape index (κ2) is 7.88. The average molecular weight is 321 g/mol. The number of nitrogens with one attached hydrogen (secondary N) is 1. The van der Waals surface area contributed by atoms with Crippen molar-refractivity contribution in [3.05, 3.63) is 66.1 Å². The van der Waals surface area contributed by atoms with E-state index < -0.39 is 0 Å². The van der Waals surface area contributed by atoms with E-state index in [1.54, 1.807) is 6.20 Å². The Hall–Kier alpha value is -2.46. The fourth-order valence-corrected chi connectivity index (χ4v) is 2.83. The molecular formula is C20H23N3O. The van der Waals surface area contributed by atoms with E-state index >= 15 is 0 Å². The molecule has 0 amide bonds. The van der Waals surface area contributed by atoms with Crippen LogP contribution in [0.5, 0.6) is 0 Å². The zero-order valence-corrected chi connectivity index (χ0v) is 13.9. The van der Waals surface area contributed by atoms with Crippen LogP contribution in [0.1, 0.15) is 18.3 Å². The second-order valence-corrected chi connectivity index (χ2v) is 5.99. The molecule has 0 bridgehead atoms. The third kappa shape index (κ3) is 3.89. The van der Waals surface area contributed by atoms with Crippen LogP contribution in [-0.2, 0) is 12.8 Å². The van der Waals surface area contributed by atoms with Crippen LogP contribution < -0.4 is 5.32 Å². The number of fused-ring (bicyclic) bond motifs is 1. The van der Waals surface area contributed by atoms with Gasteiger partial charge in [0.1, 0.15) is 0 Å². The minimum atomic E-state index is 0.122. The molecule has 3 aromatic rings. The molecule has 4 heteroatoms. The zero-order chi connectivity index (χ0) is 16.8. The predicted octanol–water partition coefficient (Wildman–Crippen LogP) is 3.46. The SMILES string of the molecule is CCc1cc(NCC(CO)Cc2ccccn2)c2ccccc2n1. The molecule has 0 radical (unpaired) electrons. The lowest BCUT2D eigenvalue weighted by Gasteiger charge is -2.17. The first kappa shape index (κ1) is 16.4. The number of aliphatic hydroxyl groups excluding tert-OH is 1. The van der Waals surface area contributed by atoms with Gasteiger partial charge >= 0.3 is 0 Å². The van der Waals surface area contributed by atoms with Crippen LogP contribution in [0.15, 0.2) is 54.7 Å². The van der Waals surface area contributed by atoms with Crippen molar-refractivity contribution in [3.8, 4) is 0 Å². The number of aromatic nitrogens is 2. The molecule has 24 heavy (non-hydrogen) atoms. The van der Waals surface area contributed by atoms with Gasteiger partial charge in [0.15, 0.2) is 0 Å². The Morgan fingerprint density at radius 2 is 1.92 bits per heavy atom. The van der Waals surface area contributed by atoms with Gasteiger partial charge in [-0.05, 0) is 37.1 Å². The summed E-state index contributed by atoms with van der Waals surface area (Å²) in [5.74, 6) is 0.122. The lowest BCUT2D eigenvalue weighted by atomic mass is 10.0. The number of aryl methyl sites for hydroxylation is 1. The number of benzene rings is 1. The molecule has 1 aromatic carbocycles. The van der Waals surface area contributed by atoms with Crippen molar-refractivity contribution in [2.45, 2.75) is 19.8 Å². The molecule has 2 N–H and O–H groups in total. The first-order chi connectivity index (χ1) is 11.8. The number of aliphatic hydroxyl groups is 1. The van der Waals surface area contributed by atoms with Crippen molar-refractivity contribution in [1.82, 2.24) is 9.97 Å². The van der Waals surface area contributed by atoms with E-state index in [4.69, 9.17) is 0 Å². The number of pyridine rings is 2. The molecule has 1 atom stereocenters. The smallest absolute Gasteiger partial charge is 0.0726 e. The summed E-state index contributed by atoms with van der Waals surface area (Å²) in [4.78, 5) is 9.02. The Morgan fingerprint density at radius 3 is 2.67 bits per heavy atom. The van der Waals surface area contributed by atoms with Crippen LogP contribution in [-0.4, -0.2) is 28.2 Å². The summed E-state index contributed by atoms with van der Waals surface area (Å²) in [6, 6.07) is 16.2. The molecule has 0 fully saturated rings. The highest BCUT2D eigenvalue weighted by Crippen LogP contribution is 2.24. The summed E-state index contributed by atoms with van der Waals surface area (Å²) in [6.07, 6.45) is 3.45. The summed E-state index contributed by atoms with van der Waals surface area (Å²) in [5, 5.41) is 14.3. The van der Waals surface area contributed by atoms with Gasteiger partial charge < -0.3 is 10.4 Å². The standard InChI is InChI=1S/C20H23N3O/c1-2-16-12-20(18-8-3-4-9-19(18)23-16)22-13-15(14-24)11-17-7-5-6-10-21-17/h3-10,12,15,24H,2,11,13-14H2,1H3,(H,22,23). The van der Waals surface area contributed by atoms with Gasteiger partial charge in [-0.2, -0.15) is 0 Å². The first-order valence-electron chi connectivity index (χ1n) is 8.43. The number of para-hydroxylation sites is 1. The molecule has 0 saturated heterocycles. The predicted molar refractivity (Wildman–Crippen MR) is 98.1 cm³/mol. The van der Waals surface area contributed by atoms with Crippen molar-refractivity contribution >= 4 is 16.6 Å². The molecule has 3 rings (SSSR count). The molecule has 4 nitrogen and oxygen atoms in total. The maximum atomic E-state index is 9.70. The van der Waals surface area contributed by atoms with Gasteiger partial charge in [0.05, 0.1) is 5.52 Å². The Morgan fingerprint density at radius 1 is 1.08 bits per heavy atom. The highest BCUT2D eigenvalue weighted by atomic mass is 16.3. The van der Waals surface area contributed by atoms with Gasteiger partial charge in [-0.15, -0.1) is 0 Å². The van der Waals surface area contributed by atoms with Gasteiger partial charge in [0.2, 0.25) is 0 Å². The topological polar surface area (TPSA) is 58.0 Å². The summed E-state index contributed by atoms with van der Waals surface area (Å²) in [5.41, 5.74) is 4.16. The second-order valence-electron chi connectivity index (χ2n) is 5.99. The Labute approximate surface area is 142 Å². The van der Waals surface area contributed by atoms with Gasteiger partial charge in [-0.25, -0.2) is 0 Å². The van der Waals surface area contributed by atoms with Crippen LogP contribution in [0, 0.1) is 5.92 Å². The molecule has 124 valence electrons. The fourth-order valence-electron chi connectivity index (χ4n) is 2.83. The molecule has 0 aliphatic heterocycles. The molecule has 1 unspecified atom stereocenters. The van der Waals surface area contributed by atoms with Crippen molar-refractivity contribution in [2.24, 2.45) is 5.92 Å². The Bertz CT molecular complexity index is 789. The number of hydrogen-bond acceptors (Lipinski definition) is 4. The maximum absolute atomic E-state index is 9.70. The van der Waals surface area contributed by atoms with Crippen LogP contribution in [0.2, 0.25) is 0 Å². The molecule has 2 heterocycles. The Balaban J connectivity index is 1.76. The third-order valence-electron chi connectivity index (χ3n) is 4.19. The van der Waals surface area contributed by atoms with Gasteiger partial charge in [-0.3, -0.25) is 9.97 Å². The van der Waals surface area contributed by atoms with Crippen LogP contribution in [0.25, 0.3) is 10.9 Å². The largest absolute Gasteiger partial charge is 0.396 e. The fraction of sp³-hybridized carbons (Fsp3) is 0.300. The van der Waals surface area contributed by atoms with Crippen molar-refractivity contribution < 1.29 is 5.11 Å². The summed E-state index contributed by atoms with van der Waals surface area (Å²) >= 11 is 0. The molecular weight excluding hydrogens is 298 g/mol. The van der Waals surface area contributed by atoms with Crippen LogP contribution in [0.3, 0.4) is 0 Å². The summed E-state index contributed by atoms with van der Waals surface area (Å²) < 4.78 is 0. The Kier molecular flexibility index (Phi) is 5.39. The van der Waals surface area contributed by atoms with Gasteiger partial charge in [0.25, 0.3) is 0 Å². The number of hydrogen-bond donors (Lipinski definition) is 2. The van der Waals surface area contributed by atoms with Crippen LogP contribution >= 0.6 is 0 Å². The average Bonchev–Trinajstić information content (AvgIpc) is 2.65. The van der Waals surface area contributed by atoms with E-state index in [-0.39, 0.29) is 12.5 Å². The maximum Gasteiger partial charge on any atom is 0.0726 e. The lowest BCUT2D eigenvalue weighted by Crippen LogP contribution is -2.21. The molecule has 0 saturated carbocycles. The minimum absolute atomic E-state index is 0.122. The van der Waals surface area contributed by atoms with E-state index in [1.807, 2.05) is 36.4 Å². The highest BCUT2D eigenvalue weighted by Gasteiger charge is 2.11. The molecule has 2 aromatic heterocycles. The number of anilines is 1. The number of rotatable bonds is 7. The summed E-state index contributed by atoms with van der Waals surface area (Å²) in [7, 11) is 0. The monoisotopic (exact) mass is 321 g/mol. The molecule has 0 aliphatic rings. The molecule has 0 aliphatic carbocycles. The van der Waals surface area contributed by atoms with Gasteiger partial charge in [-0.1, -0.05) is 31.2 Å². The summed E-state index contributed by atoms with van der Waals surface area (Å²) in [6.45, 7) is 2.94. The molecule has 0 spiro atoms. The van der Waals surface area contributed by atoms with E-state index in [1.165, 1.54) is 0 Å². The lowest BCUT2D eigenvalue weighted by molar-refractivity contribution is 0.232. The minimum Gasteiger partial charge on any atom is -0.396 e. The van der Waals surface area contributed by atoms with E-state index in [2.05, 4.69) is 34.3 Å². The zero-order valence-electron chi connectivity index (χ0n) is 13.9. The van der Waals surface area contributed by atoms with E-state index in [0.29, 0.717) is 6.54 Å².